The Morgan fingerprint density at radius 3 is 1.48 bits per heavy atom. The summed E-state index contributed by atoms with van der Waals surface area (Å²) in [6, 6.07) is 56.3. The molecule has 0 fully saturated rings. The second-order valence-corrected chi connectivity index (χ2v) is 32.4. The molecule has 0 amide bonds. The Balaban J connectivity index is 0.000000207. The van der Waals surface area contributed by atoms with Crippen molar-refractivity contribution in [3.8, 4) is 11.5 Å². The van der Waals surface area contributed by atoms with Crippen LogP contribution in [0.25, 0.3) is 0 Å². The molecule has 73 heavy (non-hydrogen) atoms. The van der Waals surface area contributed by atoms with Gasteiger partial charge in [-0.2, -0.15) is 13.2 Å². The highest BCUT2D eigenvalue weighted by atomic mass is 79.9. The first-order chi connectivity index (χ1) is 34.6. The summed E-state index contributed by atoms with van der Waals surface area (Å²) in [5, 5.41) is 7.82. The van der Waals surface area contributed by atoms with E-state index < -0.39 is 49.4 Å². The highest BCUT2D eigenvalue weighted by molar-refractivity contribution is 9.10. The van der Waals surface area contributed by atoms with Crippen molar-refractivity contribution in [3.05, 3.63) is 196 Å². The van der Waals surface area contributed by atoms with Gasteiger partial charge in [-0.3, -0.25) is 4.31 Å². The normalized spacial score (nSPS) is 16.1. The Labute approximate surface area is 446 Å². The van der Waals surface area contributed by atoms with Crippen LogP contribution in [-0.4, -0.2) is 63.6 Å². The Morgan fingerprint density at radius 2 is 1.01 bits per heavy atom. The number of benzene rings is 7. The van der Waals surface area contributed by atoms with Crippen LogP contribution in [0.3, 0.4) is 0 Å². The molecule has 2 heterocycles. The zero-order valence-electron chi connectivity index (χ0n) is 41.5. The number of anilines is 2. The van der Waals surface area contributed by atoms with Crippen LogP contribution < -0.4 is 39.8 Å². The van der Waals surface area contributed by atoms with E-state index in [1.54, 1.807) is 18.2 Å². The van der Waals surface area contributed by atoms with E-state index in [0.29, 0.717) is 22.9 Å². The SMILES string of the molecule is CC(C)(C)[Si](OC[C@H]1CN(S(=O)(=O)c2cccc(C(F)(F)F)c2)c2cc(Br)ccc2O1)(c1ccccc1)c1ccccc1.CC(C)(C)[Si](OC[C@H]1CNc2cc(Br)ccc2O1)(c1ccccc1)c1ccccc1. The van der Waals surface area contributed by atoms with Gasteiger partial charge in [-0.25, -0.2) is 8.42 Å². The summed E-state index contributed by atoms with van der Waals surface area (Å²) in [7, 11) is -9.93. The summed E-state index contributed by atoms with van der Waals surface area (Å²) in [6.45, 7) is 14.5. The van der Waals surface area contributed by atoms with Crippen molar-refractivity contribution in [1.82, 2.24) is 0 Å². The van der Waals surface area contributed by atoms with Gasteiger partial charge >= 0.3 is 6.18 Å². The van der Waals surface area contributed by atoms with E-state index in [0.717, 1.165) is 49.3 Å². The highest BCUT2D eigenvalue weighted by Gasteiger charge is 2.52. The van der Waals surface area contributed by atoms with Gasteiger partial charge in [-0.15, -0.1) is 0 Å². The Hall–Kier alpha value is -5.21. The van der Waals surface area contributed by atoms with Crippen LogP contribution in [0.5, 0.6) is 11.5 Å². The van der Waals surface area contributed by atoms with Crippen LogP contribution >= 0.6 is 31.9 Å². The van der Waals surface area contributed by atoms with E-state index in [9.17, 15) is 21.6 Å². The fraction of sp³-hybridized carbons (Fsp3) is 0.263. The van der Waals surface area contributed by atoms with Gasteiger partial charge in [0.1, 0.15) is 23.7 Å². The fourth-order valence-corrected chi connectivity index (χ4v) is 21.2. The molecule has 7 aromatic rings. The third kappa shape index (κ3) is 11.6. The van der Waals surface area contributed by atoms with Gasteiger partial charge in [-0.1, -0.05) is 201 Å². The molecular formula is C57H59Br2F3N2O6SSi2. The smallest absolute Gasteiger partial charge is 0.416 e. The number of halogens is 5. The van der Waals surface area contributed by atoms with Gasteiger partial charge in [0.25, 0.3) is 26.7 Å². The Morgan fingerprint density at radius 1 is 0.575 bits per heavy atom. The summed E-state index contributed by atoms with van der Waals surface area (Å²) in [6.07, 6.45) is -5.47. The fourth-order valence-electron chi connectivity index (χ4n) is 9.80. The second-order valence-electron chi connectivity index (χ2n) is 20.1. The van der Waals surface area contributed by atoms with Gasteiger partial charge in [0.2, 0.25) is 0 Å². The zero-order valence-corrected chi connectivity index (χ0v) is 47.5. The molecule has 0 aliphatic carbocycles. The van der Waals surface area contributed by atoms with Crippen molar-refractivity contribution < 1.29 is 39.9 Å². The predicted octanol–water partition coefficient (Wildman–Crippen LogP) is 12.2. The summed E-state index contributed by atoms with van der Waals surface area (Å²) in [4.78, 5) is -0.457. The maximum absolute atomic E-state index is 13.9. The maximum Gasteiger partial charge on any atom is 0.416 e. The molecule has 7 aromatic carbocycles. The van der Waals surface area contributed by atoms with E-state index >= 15 is 0 Å². The van der Waals surface area contributed by atoms with Gasteiger partial charge in [0, 0.05) is 8.95 Å². The summed E-state index contributed by atoms with van der Waals surface area (Å²) >= 11 is 6.90. The molecule has 0 aromatic heterocycles. The van der Waals surface area contributed by atoms with Gasteiger partial charge in [-0.05, 0) is 85.4 Å². The van der Waals surface area contributed by atoms with Crippen molar-refractivity contribution in [2.75, 3.05) is 35.9 Å². The number of hydrogen-bond donors (Lipinski definition) is 1. The number of hydrogen-bond acceptors (Lipinski definition) is 7. The Kier molecular flexibility index (Phi) is 16.3. The molecule has 0 saturated carbocycles. The van der Waals surface area contributed by atoms with Gasteiger partial charge in [0.15, 0.2) is 0 Å². The molecule has 2 aliphatic rings. The van der Waals surface area contributed by atoms with E-state index in [1.165, 1.54) is 16.4 Å². The third-order valence-corrected chi connectivity index (χ3v) is 25.9. The number of nitrogens with zero attached hydrogens (tertiary/aromatic N) is 1. The first kappa shape index (κ1) is 54.1. The minimum Gasteiger partial charge on any atom is -0.484 e. The van der Waals surface area contributed by atoms with Gasteiger partial charge in [0.05, 0.1) is 48.1 Å². The van der Waals surface area contributed by atoms with Crippen molar-refractivity contribution in [2.24, 2.45) is 0 Å². The number of alkyl halides is 3. The molecule has 0 bridgehead atoms. The largest absolute Gasteiger partial charge is 0.484 e. The van der Waals surface area contributed by atoms with Crippen molar-refractivity contribution in [2.45, 2.75) is 74.9 Å². The minimum absolute atomic E-state index is 0.0411. The molecule has 9 rings (SSSR count). The van der Waals surface area contributed by atoms with E-state index in [1.807, 2.05) is 48.5 Å². The monoisotopic (exact) mass is 1170 g/mol. The molecule has 2 aliphatic heterocycles. The van der Waals surface area contributed by atoms with Crippen LogP contribution in [0.1, 0.15) is 47.1 Å². The highest BCUT2D eigenvalue weighted by Crippen LogP contribution is 2.42. The van der Waals surface area contributed by atoms with E-state index in [2.05, 4.69) is 170 Å². The van der Waals surface area contributed by atoms with E-state index in [4.69, 9.17) is 18.3 Å². The molecule has 1 N–H and O–H groups in total. The summed E-state index contributed by atoms with van der Waals surface area (Å²) < 4.78 is 97.7. The second kappa shape index (κ2) is 21.9. The predicted molar refractivity (Wildman–Crippen MR) is 299 cm³/mol. The molecular weight excluding hydrogens is 1110 g/mol. The summed E-state index contributed by atoms with van der Waals surface area (Å²) in [5.41, 5.74) is 0.211. The number of rotatable bonds is 12. The molecule has 0 radical (unpaired) electrons. The lowest BCUT2D eigenvalue weighted by molar-refractivity contribution is -0.137. The number of fused-ring (bicyclic) bond motifs is 2. The van der Waals surface area contributed by atoms with Crippen molar-refractivity contribution in [1.29, 1.82) is 0 Å². The molecule has 16 heteroatoms. The van der Waals surface area contributed by atoms with Crippen molar-refractivity contribution >= 4 is 90.6 Å². The van der Waals surface area contributed by atoms with Crippen LogP contribution in [0.4, 0.5) is 24.5 Å². The first-order valence-corrected chi connectivity index (χ1v) is 30.8. The average molecular weight is 1170 g/mol. The third-order valence-electron chi connectivity index (χ3n) is 13.2. The number of nitrogens with one attached hydrogen (secondary N) is 1. The maximum atomic E-state index is 13.9. The molecule has 2 atom stereocenters. The Bertz CT molecular complexity index is 3020. The minimum atomic E-state index is -4.69. The van der Waals surface area contributed by atoms with Crippen LogP contribution in [0, 0.1) is 0 Å². The molecule has 0 unspecified atom stereocenters. The van der Waals surface area contributed by atoms with Gasteiger partial charge < -0.3 is 23.6 Å². The quantitative estimate of drug-likeness (QED) is 0.122. The van der Waals surface area contributed by atoms with Crippen LogP contribution in [-0.2, 0) is 25.1 Å². The van der Waals surface area contributed by atoms with Crippen molar-refractivity contribution in [3.63, 3.8) is 0 Å². The topological polar surface area (TPSA) is 86.3 Å². The molecule has 0 spiro atoms. The lowest BCUT2D eigenvalue weighted by atomic mass is 10.2. The standard InChI is InChI=1S/C32H31BrF3NO4SSi.C25H28BrNO2Si/c1-31(2,3)43(27-13-6-4-7-14-27,28-15-8-5-9-16-28)40-22-25-21-37(29-20-24(33)17-18-30(29)41-25)42(38,39)26-12-10-11-23(19-26)32(34,35)36;1-25(2,3)30(21-10-6-4-7-11-21,22-12-8-5-9-13-22)28-18-20-17-27-23-16-19(26)14-15-24(23)29-20/h4-20,25H,21-22H2,1-3H3;4-16,20,27H,17-18H2,1-3H3/t25-;20-/m11/s1. The number of ether oxygens (including phenoxy) is 2. The first-order valence-electron chi connectivity index (χ1n) is 24.0. The van der Waals surface area contributed by atoms with E-state index in [-0.39, 0.29) is 35.0 Å². The lowest BCUT2D eigenvalue weighted by Gasteiger charge is -2.44. The molecule has 8 nitrogen and oxygen atoms in total. The average Bonchev–Trinajstić information content (AvgIpc) is 3.37. The summed E-state index contributed by atoms with van der Waals surface area (Å²) in [5.74, 6) is 1.17. The molecule has 382 valence electrons. The lowest BCUT2D eigenvalue weighted by Crippen LogP contribution is -2.67. The zero-order chi connectivity index (χ0) is 52.2. The van der Waals surface area contributed by atoms with Crippen LogP contribution in [0.2, 0.25) is 10.1 Å². The number of sulfonamides is 1. The van der Waals surface area contributed by atoms with Crippen LogP contribution in [0.15, 0.2) is 196 Å². The molecule has 0 saturated heterocycles.